The minimum atomic E-state index is -1.34. The molecule has 2 aliphatic heterocycles. The van der Waals surface area contributed by atoms with Gasteiger partial charge in [0.25, 0.3) is 0 Å². The summed E-state index contributed by atoms with van der Waals surface area (Å²) in [6.07, 6.45) is 4.19. The average Bonchev–Trinajstić information content (AvgIpc) is 3.55. The van der Waals surface area contributed by atoms with Crippen molar-refractivity contribution in [3.8, 4) is 5.75 Å². The number of fused-ring (bicyclic) bond motifs is 1. The monoisotopic (exact) mass is 471 g/mol. The van der Waals surface area contributed by atoms with Crippen molar-refractivity contribution in [1.29, 1.82) is 0 Å². The van der Waals surface area contributed by atoms with Gasteiger partial charge in [0, 0.05) is 24.6 Å². The summed E-state index contributed by atoms with van der Waals surface area (Å²) in [7, 11) is 1.56. The van der Waals surface area contributed by atoms with Crippen LogP contribution in [0.2, 0.25) is 0 Å². The summed E-state index contributed by atoms with van der Waals surface area (Å²) in [6, 6.07) is 4.39. The second kappa shape index (κ2) is 9.52. The first-order chi connectivity index (χ1) is 16.2. The number of nitrogens with one attached hydrogen (secondary N) is 3. The largest absolute Gasteiger partial charge is 0.497 e. The van der Waals surface area contributed by atoms with E-state index in [1.165, 1.54) is 0 Å². The van der Waals surface area contributed by atoms with Crippen molar-refractivity contribution in [2.45, 2.75) is 56.5 Å². The molecule has 0 aromatic heterocycles. The van der Waals surface area contributed by atoms with Crippen LogP contribution in [0.3, 0.4) is 0 Å². The van der Waals surface area contributed by atoms with Crippen LogP contribution >= 0.6 is 0 Å². The number of amides is 4. The van der Waals surface area contributed by atoms with E-state index in [4.69, 9.17) is 16.2 Å². The Hall–Kier alpha value is -3.30. The minimum absolute atomic E-state index is 0.122. The zero-order valence-corrected chi connectivity index (χ0v) is 19.4. The van der Waals surface area contributed by atoms with Gasteiger partial charge in [-0.1, -0.05) is 12.8 Å². The third-order valence-electron chi connectivity index (χ3n) is 7.34. The molecule has 0 bridgehead atoms. The molecular formula is C24H33N5O5. The molecule has 10 nitrogen and oxygen atoms in total. The summed E-state index contributed by atoms with van der Waals surface area (Å²) in [5.41, 5.74) is 11.7. The molecule has 1 saturated carbocycles. The van der Waals surface area contributed by atoms with Gasteiger partial charge in [-0.05, 0) is 55.4 Å². The van der Waals surface area contributed by atoms with Crippen molar-refractivity contribution < 1.29 is 23.9 Å². The number of piperidine rings is 1. The minimum Gasteiger partial charge on any atom is -0.497 e. The van der Waals surface area contributed by atoms with Crippen LogP contribution in [0, 0.1) is 17.8 Å². The number of benzene rings is 1. The van der Waals surface area contributed by atoms with E-state index in [-0.39, 0.29) is 18.7 Å². The first kappa shape index (κ1) is 23.8. The van der Waals surface area contributed by atoms with Gasteiger partial charge in [0.2, 0.25) is 23.6 Å². The SMILES string of the molecule is COc1ccc2c(c1)C[C@@](C(N)=O)(C(CC1CC1)C(=O)N[C@@H](C[C@@H]1CCCNC1=O)C(N)=O)N2. The molecule has 2 fully saturated rings. The molecule has 4 rings (SSSR count). The zero-order chi connectivity index (χ0) is 24.5. The molecule has 0 spiro atoms. The number of hydrogen-bond acceptors (Lipinski definition) is 6. The van der Waals surface area contributed by atoms with Crippen molar-refractivity contribution in [2.75, 3.05) is 19.0 Å². The van der Waals surface area contributed by atoms with Crippen molar-refractivity contribution in [3.05, 3.63) is 23.8 Å². The highest BCUT2D eigenvalue weighted by molar-refractivity contribution is 5.98. The maximum absolute atomic E-state index is 13.6. The molecule has 1 aromatic carbocycles. The van der Waals surface area contributed by atoms with Gasteiger partial charge in [-0.15, -0.1) is 0 Å². The van der Waals surface area contributed by atoms with E-state index in [1.807, 2.05) is 6.07 Å². The third-order valence-corrected chi connectivity index (χ3v) is 7.34. The van der Waals surface area contributed by atoms with Gasteiger partial charge in [0.1, 0.15) is 17.3 Å². The Balaban J connectivity index is 1.58. The van der Waals surface area contributed by atoms with Crippen LogP contribution in [0.5, 0.6) is 5.75 Å². The van der Waals surface area contributed by atoms with E-state index in [0.717, 1.165) is 30.5 Å². The van der Waals surface area contributed by atoms with Crippen LogP contribution in [0.15, 0.2) is 18.2 Å². The Morgan fingerprint density at radius 2 is 1.97 bits per heavy atom. The summed E-state index contributed by atoms with van der Waals surface area (Å²) < 4.78 is 5.30. The van der Waals surface area contributed by atoms with E-state index in [0.29, 0.717) is 31.1 Å². The number of hydrogen-bond donors (Lipinski definition) is 5. The number of nitrogens with two attached hydrogens (primary N) is 2. The molecule has 4 amide bonds. The molecular weight excluding hydrogens is 438 g/mol. The predicted molar refractivity (Wildman–Crippen MR) is 125 cm³/mol. The second-order valence-corrected chi connectivity index (χ2v) is 9.72. The third kappa shape index (κ3) is 4.80. The van der Waals surface area contributed by atoms with Crippen LogP contribution in [-0.4, -0.2) is 48.9 Å². The second-order valence-electron chi connectivity index (χ2n) is 9.72. The molecule has 34 heavy (non-hydrogen) atoms. The summed E-state index contributed by atoms with van der Waals surface area (Å²) in [4.78, 5) is 50.9. The molecule has 4 atom stereocenters. The van der Waals surface area contributed by atoms with E-state index in [1.54, 1.807) is 19.2 Å². The van der Waals surface area contributed by atoms with Gasteiger partial charge in [0.05, 0.1) is 13.0 Å². The van der Waals surface area contributed by atoms with Gasteiger partial charge in [-0.2, -0.15) is 0 Å². The van der Waals surface area contributed by atoms with E-state index >= 15 is 0 Å². The number of carbonyl (C=O) groups is 4. The van der Waals surface area contributed by atoms with E-state index < -0.39 is 41.1 Å². The Morgan fingerprint density at radius 1 is 1.21 bits per heavy atom. The van der Waals surface area contributed by atoms with Crippen LogP contribution in [0.25, 0.3) is 0 Å². The smallest absolute Gasteiger partial charge is 0.244 e. The van der Waals surface area contributed by atoms with Crippen molar-refractivity contribution in [2.24, 2.45) is 29.2 Å². The first-order valence-electron chi connectivity index (χ1n) is 11.9. The van der Waals surface area contributed by atoms with Crippen LogP contribution in [0.4, 0.5) is 5.69 Å². The molecule has 1 unspecified atom stereocenters. The van der Waals surface area contributed by atoms with Crippen molar-refractivity contribution in [1.82, 2.24) is 10.6 Å². The highest BCUT2D eigenvalue weighted by atomic mass is 16.5. The van der Waals surface area contributed by atoms with E-state index in [9.17, 15) is 19.2 Å². The lowest BCUT2D eigenvalue weighted by Crippen LogP contribution is -2.61. The molecule has 1 aromatic rings. The Kier molecular flexibility index (Phi) is 6.67. The lowest BCUT2D eigenvalue weighted by molar-refractivity contribution is -0.136. The Labute approximate surface area is 198 Å². The molecule has 3 aliphatic rings. The van der Waals surface area contributed by atoms with Crippen LogP contribution in [-0.2, 0) is 25.6 Å². The quantitative estimate of drug-likeness (QED) is 0.327. The van der Waals surface area contributed by atoms with Crippen LogP contribution < -0.4 is 32.2 Å². The van der Waals surface area contributed by atoms with Gasteiger partial charge in [0.15, 0.2) is 0 Å². The average molecular weight is 472 g/mol. The zero-order valence-electron chi connectivity index (χ0n) is 19.4. The summed E-state index contributed by atoms with van der Waals surface area (Å²) in [6.45, 7) is 0.602. The Bertz CT molecular complexity index is 994. The van der Waals surface area contributed by atoms with Gasteiger partial charge in [-0.25, -0.2) is 0 Å². The fraction of sp³-hybridized carbons (Fsp3) is 0.583. The van der Waals surface area contributed by atoms with E-state index in [2.05, 4.69) is 16.0 Å². The molecule has 2 heterocycles. The van der Waals surface area contributed by atoms with Crippen molar-refractivity contribution in [3.63, 3.8) is 0 Å². The number of ether oxygens (including phenoxy) is 1. The first-order valence-corrected chi connectivity index (χ1v) is 11.9. The molecule has 7 N–H and O–H groups in total. The van der Waals surface area contributed by atoms with Gasteiger partial charge in [-0.3, -0.25) is 19.2 Å². The predicted octanol–water partition coefficient (Wildman–Crippen LogP) is 0.190. The fourth-order valence-electron chi connectivity index (χ4n) is 5.16. The fourth-order valence-corrected chi connectivity index (χ4v) is 5.16. The maximum atomic E-state index is 13.6. The van der Waals surface area contributed by atoms with Crippen LogP contribution in [0.1, 0.15) is 44.1 Å². The summed E-state index contributed by atoms with van der Waals surface area (Å²) in [5.74, 6) is -2.21. The number of anilines is 1. The molecule has 10 heteroatoms. The maximum Gasteiger partial charge on any atom is 0.244 e. The highest BCUT2D eigenvalue weighted by Crippen LogP contribution is 2.45. The number of methoxy groups -OCH3 is 1. The highest BCUT2D eigenvalue weighted by Gasteiger charge is 2.53. The lowest BCUT2D eigenvalue weighted by Gasteiger charge is -2.36. The Morgan fingerprint density at radius 3 is 2.59 bits per heavy atom. The normalized spacial score (nSPS) is 25.3. The molecule has 184 valence electrons. The number of rotatable bonds is 10. The molecule has 0 radical (unpaired) electrons. The molecule has 1 saturated heterocycles. The van der Waals surface area contributed by atoms with Gasteiger partial charge >= 0.3 is 0 Å². The summed E-state index contributed by atoms with van der Waals surface area (Å²) >= 11 is 0. The number of carbonyl (C=O) groups excluding carboxylic acids is 4. The topological polar surface area (TPSA) is 166 Å². The summed E-state index contributed by atoms with van der Waals surface area (Å²) in [5, 5.41) is 8.78. The lowest BCUT2D eigenvalue weighted by atomic mass is 9.76. The van der Waals surface area contributed by atoms with Crippen molar-refractivity contribution >= 4 is 29.3 Å². The number of primary amides is 2. The molecule has 1 aliphatic carbocycles. The van der Waals surface area contributed by atoms with Gasteiger partial charge < -0.3 is 32.2 Å². The standard InChI is InChI=1S/C24H33N5O5/c1-34-16-6-7-18-15(10-16)12-24(29-18,23(26)33)17(9-13-4-5-13)22(32)28-19(20(25)30)11-14-3-2-8-27-21(14)31/h6-7,10,13-14,17,19,29H,2-5,8-9,11-12H2,1H3,(H2,25,30)(H2,26,33)(H,27,31)(H,28,32)/t14-,17?,19-,24-/m0/s1.